The van der Waals surface area contributed by atoms with E-state index in [9.17, 15) is 5.11 Å². The van der Waals surface area contributed by atoms with E-state index in [4.69, 9.17) is 9.47 Å². The Labute approximate surface area is 163 Å². The maximum atomic E-state index is 10.4. The van der Waals surface area contributed by atoms with Crippen LogP contribution in [0, 0.1) is 17.8 Å². The fourth-order valence-electron chi connectivity index (χ4n) is 5.35. The number of hydrogen-bond acceptors (Lipinski definition) is 5. The summed E-state index contributed by atoms with van der Waals surface area (Å²) in [4.78, 5) is 4.71. The highest BCUT2D eigenvalue weighted by molar-refractivity contribution is 5.58. The molecule has 1 aromatic carbocycles. The summed E-state index contributed by atoms with van der Waals surface area (Å²) in [5.41, 5.74) is 1.16. The number of nitrogens with zero attached hydrogens (tertiary/aromatic N) is 2. The molecule has 5 heteroatoms. The van der Waals surface area contributed by atoms with E-state index in [1.165, 1.54) is 25.7 Å². The molecule has 2 bridgehead atoms. The maximum absolute atomic E-state index is 10.4. The first-order valence-corrected chi connectivity index (χ1v) is 10.6. The van der Waals surface area contributed by atoms with Gasteiger partial charge in [0.05, 0.1) is 25.5 Å². The van der Waals surface area contributed by atoms with Crippen molar-refractivity contribution in [1.82, 2.24) is 4.90 Å². The number of hydrogen-bond donors (Lipinski definition) is 1. The Morgan fingerprint density at radius 2 is 1.93 bits per heavy atom. The van der Waals surface area contributed by atoms with Crippen molar-refractivity contribution in [3.63, 3.8) is 0 Å². The normalized spacial score (nSPS) is 29.3. The maximum Gasteiger partial charge on any atom is 0.142 e. The van der Waals surface area contributed by atoms with Crippen molar-refractivity contribution in [1.29, 1.82) is 0 Å². The molecule has 0 unspecified atom stereocenters. The summed E-state index contributed by atoms with van der Waals surface area (Å²) in [5, 5.41) is 10.4. The minimum absolute atomic E-state index is 0.388. The first-order valence-electron chi connectivity index (χ1n) is 10.6. The number of β-amino-alcohol motifs (C(OH)–C–C–N with tert-alkyl or cyclic N) is 1. The van der Waals surface area contributed by atoms with Gasteiger partial charge in [0.1, 0.15) is 5.75 Å². The zero-order valence-electron chi connectivity index (χ0n) is 16.6. The minimum atomic E-state index is -0.388. The van der Waals surface area contributed by atoms with Crippen LogP contribution in [0.5, 0.6) is 5.75 Å². The summed E-state index contributed by atoms with van der Waals surface area (Å²) in [7, 11) is 1.72. The standard InChI is InChI=1S/C22H34N2O3/c1-26-22-5-3-2-4-21(22)24-10-8-23(9-11-24)14-20(25)16-27-15-19-13-17-6-7-18(19)12-17/h2-5,17-20,25H,6-16H2,1H3/t17-,18-,19+,20-/m0/s1. The van der Waals surface area contributed by atoms with Gasteiger partial charge in [-0.2, -0.15) is 0 Å². The van der Waals surface area contributed by atoms with Crippen LogP contribution >= 0.6 is 0 Å². The zero-order chi connectivity index (χ0) is 18.6. The SMILES string of the molecule is COc1ccccc1N1CCN(C[C@H](O)COC[C@H]2C[C@H]3CC[C@H]2C3)CC1. The smallest absolute Gasteiger partial charge is 0.142 e. The molecule has 1 aromatic rings. The second-order valence-electron chi connectivity index (χ2n) is 8.59. The third kappa shape index (κ3) is 4.58. The third-order valence-electron chi connectivity index (χ3n) is 6.79. The van der Waals surface area contributed by atoms with Crippen molar-refractivity contribution >= 4 is 5.69 Å². The van der Waals surface area contributed by atoms with E-state index in [1.54, 1.807) is 7.11 Å². The van der Waals surface area contributed by atoms with Crippen LogP contribution < -0.4 is 9.64 Å². The van der Waals surface area contributed by atoms with Crippen molar-refractivity contribution in [2.24, 2.45) is 17.8 Å². The number of aliphatic hydroxyl groups is 1. The molecule has 1 N–H and O–H groups in total. The van der Waals surface area contributed by atoms with E-state index < -0.39 is 0 Å². The summed E-state index contributed by atoms with van der Waals surface area (Å²) in [6.45, 7) is 5.86. The quantitative estimate of drug-likeness (QED) is 0.758. The molecule has 1 heterocycles. The Morgan fingerprint density at radius 3 is 2.63 bits per heavy atom. The molecule has 2 aliphatic carbocycles. The molecule has 4 atom stereocenters. The number of piperazine rings is 1. The van der Waals surface area contributed by atoms with Crippen LogP contribution in [-0.4, -0.2) is 69.2 Å². The number of anilines is 1. The van der Waals surface area contributed by atoms with Crippen LogP contribution in [-0.2, 0) is 4.74 Å². The first kappa shape index (κ1) is 19.0. The van der Waals surface area contributed by atoms with Crippen LogP contribution in [0.4, 0.5) is 5.69 Å². The van der Waals surface area contributed by atoms with Crippen molar-refractivity contribution in [3.8, 4) is 5.75 Å². The lowest BCUT2D eigenvalue weighted by Gasteiger charge is -2.37. The molecule has 1 aliphatic heterocycles. The average molecular weight is 375 g/mol. The van der Waals surface area contributed by atoms with Gasteiger partial charge in [-0.1, -0.05) is 18.6 Å². The number of rotatable bonds is 8. The summed E-state index contributed by atoms with van der Waals surface area (Å²) >= 11 is 0. The number of methoxy groups -OCH3 is 1. The van der Waals surface area contributed by atoms with Gasteiger partial charge >= 0.3 is 0 Å². The van der Waals surface area contributed by atoms with Gasteiger partial charge in [0.15, 0.2) is 0 Å². The third-order valence-corrected chi connectivity index (χ3v) is 6.79. The van der Waals surface area contributed by atoms with Gasteiger partial charge in [-0.3, -0.25) is 4.90 Å². The van der Waals surface area contributed by atoms with E-state index in [0.717, 1.165) is 62.0 Å². The van der Waals surface area contributed by atoms with E-state index >= 15 is 0 Å². The van der Waals surface area contributed by atoms with Crippen molar-refractivity contribution in [3.05, 3.63) is 24.3 Å². The molecule has 1 saturated heterocycles. The zero-order valence-corrected chi connectivity index (χ0v) is 16.6. The Morgan fingerprint density at radius 1 is 1.11 bits per heavy atom. The Kier molecular flexibility index (Phi) is 6.21. The fraction of sp³-hybridized carbons (Fsp3) is 0.727. The average Bonchev–Trinajstić information content (AvgIpc) is 3.32. The highest BCUT2D eigenvalue weighted by Crippen LogP contribution is 2.48. The van der Waals surface area contributed by atoms with Crippen molar-refractivity contribution in [2.45, 2.75) is 31.8 Å². The van der Waals surface area contributed by atoms with Crippen molar-refractivity contribution < 1.29 is 14.6 Å². The van der Waals surface area contributed by atoms with Crippen molar-refractivity contribution in [2.75, 3.05) is 57.9 Å². The molecule has 0 aromatic heterocycles. The number of aliphatic hydroxyl groups excluding tert-OH is 1. The van der Waals surface area contributed by atoms with Gasteiger partial charge in [-0.25, -0.2) is 0 Å². The molecule has 4 rings (SSSR count). The molecule has 0 amide bonds. The highest BCUT2D eigenvalue weighted by atomic mass is 16.5. The molecule has 2 saturated carbocycles. The topological polar surface area (TPSA) is 45.2 Å². The summed E-state index contributed by atoms with van der Waals surface area (Å²) in [6, 6.07) is 8.19. The second kappa shape index (κ2) is 8.80. The number of ether oxygens (including phenoxy) is 2. The largest absolute Gasteiger partial charge is 0.495 e. The van der Waals surface area contributed by atoms with Crippen LogP contribution in [0.25, 0.3) is 0 Å². The molecule has 3 fully saturated rings. The summed E-state index contributed by atoms with van der Waals surface area (Å²) in [5.74, 6) is 3.55. The van der Waals surface area contributed by atoms with Gasteiger partial charge in [-0.15, -0.1) is 0 Å². The Balaban J connectivity index is 1.15. The van der Waals surface area contributed by atoms with Gasteiger partial charge in [0, 0.05) is 39.3 Å². The predicted octanol–water partition coefficient (Wildman–Crippen LogP) is 2.63. The van der Waals surface area contributed by atoms with E-state index in [0.29, 0.717) is 13.2 Å². The summed E-state index contributed by atoms with van der Waals surface area (Å²) in [6.07, 6.45) is 5.22. The molecular formula is C22H34N2O3. The lowest BCUT2D eigenvalue weighted by Crippen LogP contribution is -2.49. The molecule has 0 radical (unpaired) electrons. The molecule has 27 heavy (non-hydrogen) atoms. The van der Waals surface area contributed by atoms with Gasteiger partial charge in [0.2, 0.25) is 0 Å². The number of fused-ring (bicyclic) bond motifs is 2. The van der Waals surface area contributed by atoms with Crippen LogP contribution in [0.2, 0.25) is 0 Å². The van der Waals surface area contributed by atoms with Crippen LogP contribution in [0.15, 0.2) is 24.3 Å². The van der Waals surface area contributed by atoms with E-state index in [1.807, 2.05) is 12.1 Å². The molecular weight excluding hydrogens is 340 g/mol. The lowest BCUT2D eigenvalue weighted by molar-refractivity contribution is -0.00274. The van der Waals surface area contributed by atoms with Crippen LogP contribution in [0.3, 0.4) is 0 Å². The first-order chi connectivity index (χ1) is 13.2. The van der Waals surface area contributed by atoms with E-state index in [2.05, 4.69) is 21.9 Å². The number of para-hydroxylation sites is 2. The fourth-order valence-corrected chi connectivity index (χ4v) is 5.35. The van der Waals surface area contributed by atoms with Gasteiger partial charge in [0.25, 0.3) is 0 Å². The van der Waals surface area contributed by atoms with Gasteiger partial charge in [-0.05, 0) is 49.1 Å². The van der Waals surface area contributed by atoms with E-state index in [-0.39, 0.29) is 6.10 Å². The second-order valence-corrected chi connectivity index (χ2v) is 8.59. The molecule has 3 aliphatic rings. The predicted molar refractivity (Wildman–Crippen MR) is 107 cm³/mol. The monoisotopic (exact) mass is 374 g/mol. The molecule has 150 valence electrons. The Hall–Kier alpha value is -1.30. The lowest BCUT2D eigenvalue weighted by atomic mass is 9.90. The highest BCUT2D eigenvalue weighted by Gasteiger charge is 2.39. The number of benzene rings is 1. The Bertz CT molecular complexity index is 603. The van der Waals surface area contributed by atoms with Crippen LogP contribution in [0.1, 0.15) is 25.7 Å². The summed E-state index contributed by atoms with van der Waals surface area (Å²) < 4.78 is 11.4. The molecule has 0 spiro atoms. The molecule has 5 nitrogen and oxygen atoms in total. The minimum Gasteiger partial charge on any atom is -0.495 e. The van der Waals surface area contributed by atoms with Gasteiger partial charge < -0.3 is 19.5 Å².